The van der Waals surface area contributed by atoms with Crippen molar-refractivity contribution < 1.29 is 37.0 Å². The zero-order chi connectivity index (χ0) is 30.7. The number of rotatable bonds is 9. The van der Waals surface area contributed by atoms with Gasteiger partial charge in [-0.15, -0.1) is 13.2 Å². The number of hydrogen-bond acceptors (Lipinski definition) is 8. The minimum absolute atomic E-state index is 0.228. The van der Waals surface area contributed by atoms with E-state index >= 15 is 0 Å². The maximum atomic E-state index is 12.4. The average Bonchev–Trinajstić information content (AvgIpc) is 3.33. The quantitative estimate of drug-likeness (QED) is 0.147. The third-order valence-electron chi connectivity index (χ3n) is 7.42. The Bertz CT molecular complexity index is 1610. The lowest BCUT2D eigenvalue weighted by atomic mass is 10.1. The van der Waals surface area contributed by atoms with Crippen LogP contribution in [-0.2, 0) is 19.5 Å². The maximum absolute atomic E-state index is 12.4. The molecule has 0 aliphatic carbocycles. The number of aryl methyl sites for hydroxylation is 2. The van der Waals surface area contributed by atoms with Gasteiger partial charge in [-0.1, -0.05) is 12.1 Å². The molecule has 0 saturated heterocycles. The second-order valence-electron chi connectivity index (χ2n) is 10.6. The molecule has 10 nitrogen and oxygen atoms in total. The van der Waals surface area contributed by atoms with Crippen molar-refractivity contribution >= 4 is 11.5 Å². The molecule has 0 fully saturated rings. The molecule has 3 heterocycles. The maximum Gasteiger partial charge on any atom is 0.573 e. The number of fused-ring (bicyclic) bond motifs is 2. The molecule has 44 heavy (non-hydrogen) atoms. The Hall–Kier alpha value is -4.94. The number of aromatic nitrogens is 2. The number of nitrogens with zero attached hydrogens (tertiary/aromatic N) is 4. The smallest absolute Gasteiger partial charge is 0.490 e. The van der Waals surface area contributed by atoms with E-state index in [1.54, 1.807) is 4.57 Å². The van der Waals surface area contributed by atoms with Crippen LogP contribution in [0.25, 0.3) is 0 Å². The van der Waals surface area contributed by atoms with E-state index in [-0.39, 0.29) is 23.7 Å². The summed E-state index contributed by atoms with van der Waals surface area (Å²) < 4.78 is 60.4. The minimum Gasteiger partial charge on any atom is -0.490 e. The van der Waals surface area contributed by atoms with Gasteiger partial charge in [0.15, 0.2) is 0 Å². The molecule has 1 aromatic heterocycles. The van der Waals surface area contributed by atoms with Gasteiger partial charge in [0, 0.05) is 36.7 Å². The fourth-order valence-corrected chi connectivity index (χ4v) is 5.32. The zero-order valence-corrected chi connectivity index (χ0v) is 23.5. The van der Waals surface area contributed by atoms with Gasteiger partial charge in [-0.05, 0) is 89.9 Å². The average molecular weight is 611 g/mol. The molecule has 230 valence electrons. The Morgan fingerprint density at radius 3 is 2.39 bits per heavy atom. The second kappa shape index (κ2) is 12.3. The molecule has 3 aromatic carbocycles. The monoisotopic (exact) mass is 610 g/mol. The molecular formula is C31H29F3N4O6. The summed E-state index contributed by atoms with van der Waals surface area (Å²) in [5, 5.41) is 11.0. The zero-order valence-electron chi connectivity index (χ0n) is 23.5. The molecule has 0 N–H and O–H groups in total. The summed E-state index contributed by atoms with van der Waals surface area (Å²) in [7, 11) is 0. The summed E-state index contributed by atoms with van der Waals surface area (Å²) in [5.74, 6) is 1.18. The SMILES string of the molecule is O=[N+]([O-])c1cn2c(n1)O[C@@H](COc1ccc3c(c1)CCCCN3Cc1ccc(Oc3ccc(OC(F)(F)F)cc3)cc1)CC2. The lowest BCUT2D eigenvalue weighted by molar-refractivity contribution is -0.389. The highest BCUT2D eigenvalue weighted by atomic mass is 19.4. The standard InChI is InChI=1S/C31H29F3N4O6/c32-31(33,34)44-25-10-8-24(9-11-25)42-23-6-4-21(5-7-23)18-36-15-2-1-3-22-17-26(12-13-28(22)36)41-20-27-14-16-37-19-29(38(39)40)35-30(37)43-27/h4-13,17,19,27H,1-3,14-16,18,20H2/t27-/m1/s1. The molecule has 4 aromatic rings. The van der Waals surface area contributed by atoms with Crippen LogP contribution in [0, 0.1) is 10.1 Å². The van der Waals surface area contributed by atoms with Gasteiger partial charge in [0.05, 0.1) is 0 Å². The Kier molecular flexibility index (Phi) is 8.18. The van der Waals surface area contributed by atoms with Crippen LogP contribution in [0.5, 0.6) is 29.0 Å². The topological polar surface area (TPSA) is 101 Å². The number of hydrogen-bond donors (Lipinski definition) is 0. The summed E-state index contributed by atoms with van der Waals surface area (Å²) >= 11 is 0. The van der Waals surface area contributed by atoms with Crippen LogP contribution in [0.4, 0.5) is 24.7 Å². The van der Waals surface area contributed by atoms with Gasteiger partial charge in [0.25, 0.3) is 0 Å². The number of benzene rings is 3. The predicted molar refractivity (Wildman–Crippen MR) is 153 cm³/mol. The Labute approximate surface area is 250 Å². The number of alkyl halides is 3. The first-order chi connectivity index (χ1) is 21.2. The molecule has 0 bridgehead atoms. The normalized spacial score (nSPS) is 16.2. The van der Waals surface area contributed by atoms with E-state index in [4.69, 9.17) is 14.2 Å². The molecule has 0 spiro atoms. The first-order valence-corrected chi connectivity index (χ1v) is 14.2. The lowest BCUT2D eigenvalue weighted by Crippen LogP contribution is -2.31. The van der Waals surface area contributed by atoms with Crippen LogP contribution in [-0.4, -0.2) is 40.1 Å². The van der Waals surface area contributed by atoms with Crippen molar-refractivity contribution in [1.82, 2.24) is 9.55 Å². The Morgan fingerprint density at radius 2 is 1.66 bits per heavy atom. The number of halogens is 3. The van der Waals surface area contributed by atoms with Crippen LogP contribution in [0.1, 0.15) is 30.4 Å². The molecular weight excluding hydrogens is 581 g/mol. The largest absolute Gasteiger partial charge is 0.573 e. The first-order valence-electron chi connectivity index (χ1n) is 14.2. The molecule has 13 heteroatoms. The van der Waals surface area contributed by atoms with Crippen molar-refractivity contribution in [2.75, 3.05) is 18.1 Å². The number of imidazole rings is 1. The summed E-state index contributed by atoms with van der Waals surface area (Å²) in [4.78, 5) is 16.8. The molecule has 6 rings (SSSR count). The Morgan fingerprint density at radius 1 is 0.955 bits per heavy atom. The lowest BCUT2D eigenvalue weighted by Gasteiger charge is -2.26. The number of ether oxygens (including phenoxy) is 4. The van der Waals surface area contributed by atoms with Crippen molar-refractivity contribution in [3.05, 3.63) is 94.2 Å². The van der Waals surface area contributed by atoms with E-state index in [0.717, 1.165) is 42.8 Å². The molecule has 1 atom stereocenters. The highest BCUT2D eigenvalue weighted by molar-refractivity contribution is 5.57. The minimum atomic E-state index is -4.74. The second-order valence-corrected chi connectivity index (χ2v) is 10.6. The third-order valence-corrected chi connectivity index (χ3v) is 7.42. The highest BCUT2D eigenvalue weighted by Crippen LogP contribution is 2.33. The summed E-state index contributed by atoms with van der Waals surface area (Å²) in [6.07, 6.45) is 0.0873. The van der Waals surface area contributed by atoms with Crippen LogP contribution in [0.2, 0.25) is 0 Å². The van der Waals surface area contributed by atoms with Crippen molar-refractivity contribution in [1.29, 1.82) is 0 Å². The van der Waals surface area contributed by atoms with Crippen molar-refractivity contribution in [3.63, 3.8) is 0 Å². The van der Waals surface area contributed by atoms with E-state index in [0.29, 0.717) is 37.6 Å². The molecule has 0 radical (unpaired) electrons. The van der Waals surface area contributed by atoms with E-state index in [9.17, 15) is 23.3 Å². The third kappa shape index (κ3) is 7.16. The van der Waals surface area contributed by atoms with E-state index in [1.165, 1.54) is 36.0 Å². The number of anilines is 1. The molecule has 2 aliphatic rings. The molecule has 2 aliphatic heterocycles. The van der Waals surface area contributed by atoms with Crippen molar-refractivity contribution in [3.8, 4) is 29.0 Å². The Balaban J connectivity index is 1.05. The first kappa shape index (κ1) is 29.1. The van der Waals surface area contributed by atoms with Crippen LogP contribution < -0.4 is 23.8 Å². The van der Waals surface area contributed by atoms with E-state index < -0.39 is 11.3 Å². The summed E-state index contributed by atoms with van der Waals surface area (Å²) in [6, 6.07) is 19.2. The van der Waals surface area contributed by atoms with Crippen molar-refractivity contribution in [2.45, 2.75) is 51.2 Å². The predicted octanol–water partition coefficient (Wildman–Crippen LogP) is 7.06. The summed E-state index contributed by atoms with van der Waals surface area (Å²) in [6.45, 7) is 2.49. The van der Waals surface area contributed by atoms with Gasteiger partial charge in [-0.2, -0.15) is 0 Å². The fourth-order valence-electron chi connectivity index (χ4n) is 5.32. The highest BCUT2D eigenvalue weighted by Gasteiger charge is 2.31. The van der Waals surface area contributed by atoms with E-state index in [2.05, 4.69) is 26.8 Å². The molecule has 0 saturated carbocycles. The van der Waals surface area contributed by atoms with E-state index in [1.807, 2.05) is 30.3 Å². The van der Waals surface area contributed by atoms with Gasteiger partial charge < -0.3 is 34.0 Å². The molecule has 0 unspecified atom stereocenters. The van der Waals surface area contributed by atoms with Gasteiger partial charge in [0.1, 0.15) is 41.9 Å². The van der Waals surface area contributed by atoms with Gasteiger partial charge in [0.2, 0.25) is 0 Å². The van der Waals surface area contributed by atoms with Crippen LogP contribution in [0.15, 0.2) is 72.9 Å². The molecule has 0 amide bonds. The summed E-state index contributed by atoms with van der Waals surface area (Å²) in [5.41, 5.74) is 3.45. The van der Waals surface area contributed by atoms with Crippen LogP contribution in [0.3, 0.4) is 0 Å². The van der Waals surface area contributed by atoms with Crippen molar-refractivity contribution in [2.24, 2.45) is 0 Å². The van der Waals surface area contributed by atoms with Gasteiger partial charge in [-0.25, -0.2) is 0 Å². The fraction of sp³-hybridized carbons (Fsp3) is 0.323. The number of nitro groups is 1. The van der Waals surface area contributed by atoms with Gasteiger partial charge >= 0.3 is 18.2 Å². The van der Waals surface area contributed by atoms with Gasteiger partial charge in [-0.3, -0.25) is 4.57 Å². The van der Waals surface area contributed by atoms with Crippen LogP contribution >= 0.6 is 0 Å².